The second kappa shape index (κ2) is 4.86. The van der Waals surface area contributed by atoms with Crippen LogP contribution in [0.1, 0.15) is 0 Å². The quantitative estimate of drug-likeness (QED) is 0.212. The highest BCUT2D eigenvalue weighted by Gasteiger charge is 2.11. The SMILES string of the molecule is Ic1c(I)c(I)c2ccccc2c1I. The molecular weight excluding hydrogens is 628 g/mol. The first-order valence-corrected chi connectivity index (χ1v) is 8.15. The molecule has 2 aromatic rings. The smallest absolute Gasteiger partial charge is 0.0414 e. The standard InChI is InChI=1S/C10H4I4/c11-7-5-3-1-2-4-6(5)8(12)10(14)9(7)13/h1-4H. The summed E-state index contributed by atoms with van der Waals surface area (Å²) in [4.78, 5) is 0. The van der Waals surface area contributed by atoms with Gasteiger partial charge in [0.2, 0.25) is 0 Å². The summed E-state index contributed by atoms with van der Waals surface area (Å²) >= 11 is 9.70. The molecule has 0 radical (unpaired) electrons. The Bertz CT molecular complexity index is 458. The van der Waals surface area contributed by atoms with Crippen molar-refractivity contribution >= 4 is 101 Å². The normalized spacial score (nSPS) is 10.9. The largest absolute Gasteiger partial charge is 0.0616 e. The first-order valence-electron chi connectivity index (χ1n) is 3.83. The van der Waals surface area contributed by atoms with Gasteiger partial charge in [0, 0.05) is 14.3 Å². The van der Waals surface area contributed by atoms with Gasteiger partial charge in [-0.3, -0.25) is 0 Å². The molecule has 0 atom stereocenters. The molecule has 0 N–H and O–H groups in total. The molecule has 0 unspecified atom stereocenters. The highest BCUT2D eigenvalue weighted by molar-refractivity contribution is 14.1. The maximum Gasteiger partial charge on any atom is 0.0414 e. The molecule has 0 bridgehead atoms. The average molecular weight is 632 g/mol. The molecule has 0 saturated carbocycles. The fraction of sp³-hybridized carbons (Fsp3) is 0. The van der Waals surface area contributed by atoms with Gasteiger partial charge >= 0.3 is 0 Å². The van der Waals surface area contributed by atoms with E-state index in [1.807, 2.05) is 0 Å². The second-order valence-electron chi connectivity index (χ2n) is 2.80. The van der Waals surface area contributed by atoms with E-state index in [0.717, 1.165) is 0 Å². The maximum absolute atomic E-state index is 2.43. The van der Waals surface area contributed by atoms with E-state index in [2.05, 4.69) is 115 Å². The molecule has 0 nitrogen and oxygen atoms in total. The van der Waals surface area contributed by atoms with Crippen molar-refractivity contribution in [2.24, 2.45) is 0 Å². The van der Waals surface area contributed by atoms with Crippen LogP contribution in [0.3, 0.4) is 0 Å². The van der Waals surface area contributed by atoms with Gasteiger partial charge in [-0.05, 0) is 101 Å². The fourth-order valence-corrected chi connectivity index (χ4v) is 4.93. The van der Waals surface area contributed by atoms with E-state index in [9.17, 15) is 0 Å². The molecule has 0 heterocycles. The van der Waals surface area contributed by atoms with Gasteiger partial charge in [-0.15, -0.1) is 0 Å². The zero-order valence-corrected chi connectivity index (χ0v) is 15.5. The number of halogens is 4. The van der Waals surface area contributed by atoms with Crippen molar-refractivity contribution in [2.45, 2.75) is 0 Å². The van der Waals surface area contributed by atoms with Gasteiger partial charge in [-0.1, -0.05) is 24.3 Å². The van der Waals surface area contributed by atoms with Crippen molar-refractivity contribution in [3.8, 4) is 0 Å². The minimum absolute atomic E-state index is 1.36. The number of fused-ring (bicyclic) bond motifs is 1. The van der Waals surface area contributed by atoms with Gasteiger partial charge in [0.25, 0.3) is 0 Å². The topological polar surface area (TPSA) is 0 Å². The van der Waals surface area contributed by atoms with Crippen molar-refractivity contribution < 1.29 is 0 Å². The first-order chi connectivity index (χ1) is 6.63. The van der Waals surface area contributed by atoms with Crippen molar-refractivity contribution in [1.82, 2.24) is 0 Å². The van der Waals surface area contributed by atoms with Crippen LogP contribution < -0.4 is 0 Å². The lowest BCUT2D eigenvalue weighted by atomic mass is 10.1. The average Bonchev–Trinajstić information content (AvgIpc) is 2.23. The van der Waals surface area contributed by atoms with E-state index in [1.165, 1.54) is 25.1 Å². The first kappa shape index (κ1) is 12.1. The third kappa shape index (κ3) is 2.04. The Labute approximate surface area is 137 Å². The Balaban J connectivity index is 3.02. The van der Waals surface area contributed by atoms with Gasteiger partial charge in [-0.2, -0.15) is 0 Å². The number of rotatable bonds is 0. The predicted octanol–water partition coefficient (Wildman–Crippen LogP) is 5.26. The summed E-state index contributed by atoms with van der Waals surface area (Å²) in [6, 6.07) is 8.59. The maximum atomic E-state index is 2.43. The van der Waals surface area contributed by atoms with Crippen molar-refractivity contribution in [2.75, 3.05) is 0 Å². The molecule has 72 valence electrons. The lowest BCUT2D eigenvalue weighted by Crippen LogP contribution is -1.92. The highest BCUT2D eigenvalue weighted by Crippen LogP contribution is 2.34. The minimum atomic E-state index is 1.36. The molecular formula is C10H4I4. The Morgan fingerprint density at radius 3 is 1.29 bits per heavy atom. The molecule has 0 spiro atoms. The summed E-state index contributed by atoms with van der Waals surface area (Å²) in [6.45, 7) is 0. The molecule has 0 aliphatic rings. The van der Waals surface area contributed by atoms with Crippen molar-refractivity contribution in [3.05, 3.63) is 38.5 Å². The Morgan fingerprint density at radius 1 is 0.571 bits per heavy atom. The van der Waals surface area contributed by atoms with Crippen LogP contribution >= 0.6 is 90.4 Å². The summed E-state index contributed by atoms with van der Waals surface area (Å²) in [5, 5.41) is 2.73. The van der Waals surface area contributed by atoms with Crippen LogP contribution in [0.15, 0.2) is 24.3 Å². The zero-order chi connectivity index (χ0) is 10.3. The van der Waals surface area contributed by atoms with E-state index >= 15 is 0 Å². The van der Waals surface area contributed by atoms with E-state index in [1.54, 1.807) is 0 Å². The Morgan fingerprint density at radius 2 is 0.929 bits per heavy atom. The summed E-state index contributed by atoms with van der Waals surface area (Å²) < 4.78 is 5.46. The lowest BCUT2D eigenvalue weighted by molar-refractivity contribution is 1.54. The molecule has 14 heavy (non-hydrogen) atoms. The molecule has 2 aromatic carbocycles. The number of hydrogen-bond donors (Lipinski definition) is 0. The van der Waals surface area contributed by atoms with Gasteiger partial charge in [0.05, 0.1) is 0 Å². The minimum Gasteiger partial charge on any atom is -0.0616 e. The molecule has 0 aliphatic heterocycles. The van der Waals surface area contributed by atoms with Gasteiger partial charge in [0.1, 0.15) is 0 Å². The van der Waals surface area contributed by atoms with E-state index in [-0.39, 0.29) is 0 Å². The summed E-state index contributed by atoms with van der Waals surface area (Å²) in [5.74, 6) is 0. The van der Waals surface area contributed by atoms with Crippen LogP contribution in [-0.2, 0) is 0 Å². The van der Waals surface area contributed by atoms with Gasteiger partial charge in [-0.25, -0.2) is 0 Å². The van der Waals surface area contributed by atoms with Gasteiger partial charge < -0.3 is 0 Å². The summed E-state index contributed by atoms with van der Waals surface area (Å²) in [5.41, 5.74) is 0. The zero-order valence-electron chi connectivity index (χ0n) is 6.82. The van der Waals surface area contributed by atoms with Crippen LogP contribution in [0.4, 0.5) is 0 Å². The third-order valence-electron chi connectivity index (χ3n) is 1.98. The van der Waals surface area contributed by atoms with Crippen LogP contribution in [0, 0.1) is 14.3 Å². The summed E-state index contributed by atoms with van der Waals surface area (Å²) in [6.07, 6.45) is 0. The molecule has 0 aromatic heterocycles. The Hall–Kier alpha value is 1.62. The van der Waals surface area contributed by atoms with Crippen molar-refractivity contribution in [1.29, 1.82) is 0 Å². The van der Waals surface area contributed by atoms with Crippen LogP contribution in [0.2, 0.25) is 0 Å². The molecule has 2 rings (SSSR count). The second-order valence-corrected chi connectivity index (χ2v) is 7.12. The van der Waals surface area contributed by atoms with Crippen molar-refractivity contribution in [3.63, 3.8) is 0 Å². The monoisotopic (exact) mass is 632 g/mol. The fourth-order valence-electron chi connectivity index (χ4n) is 1.30. The Kier molecular flexibility index (Phi) is 4.20. The molecule has 4 heteroatoms. The molecule has 0 saturated heterocycles. The van der Waals surface area contributed by atoms with E-state index < -0.39 is 0 Å². The number of benzene rings is 2. The predicted molar refractivity (Wildman–Crippen MR) is 94.8 cm³/mol. The molecule has 0 fully saturated rings. The van der Waals surface area contributed by atoms with E-state index in [0.29, 0.717) is 0 Å². The van der Waals surface area contributed by atoms with Crippen LogP contribution in [0.5, 0.6) is 0 Å². The molecule has 0 amide bonds. The summed E-state index contributed by atoms with van der Waals surface area (Å²) in [7, 11) is 0. The van der Waals surface area contributed by atoms with Crippen LogP contribution in [0.25, 0.3) is 10.8 Å². The lowest BCUT2D eigenvalue weighted by Gasteiger charge is -2.08. The highest BCUT2D eigenvalue weighted by atomic mass is 127. The number of hydrogen-bond acceptors (Lipinski definition) is 0. The van der Waals surface area contributed by atoms with Crippen LogP contribution in [-0.4, -0.2) is 0 Å². The van der Waals surface area contributed by atoms with Gasteiger partial charge in [0.15, 0.2) is 0 Å². The third-order valence-corrected chi connectivity index (χ3v) is 9.47. The van der Waals surface area contributed by atoms with E-state index in [4.69, 9.17) is 0 Å². The molecule has 0 aliphatic carbocycles.